The first-order valence-electron chi connectivity index (χ1n) is 8.82. The van der Waals surface area contributed by atoms with Crippen molar-refractivity contribution in [1.29, 1.82) is 0 Å². The van der Waals surface area contributed by atoms with E-state index in [4.69, 9.17) is 4.74 Å². The Labute approximate surface area is 147 Å². The summed E-state index contributed by atoms with van der Waals surface area (Å²) in [5.41, 5.74) is 0. The van der Waals surface area contributed by atoms with Gasteiger partial charge in [-0.1, -0.05) is 13.8 Å². The zero-order chi connectivity index (χ0) is 18.2. The SMILES string of the molecule is CN=C(NCCCC(C)C)NCCS(=O)(=O)N1CC(C)OC(C)C1. The van der Waals surface area contributed by atoms with Crippen molar-refractivity contribution in [1.82, 2.24) is 14.9 Å². The summed E-state index contributed by atoms with van der Waals surface area (Å²) in [4.78, 5) is 4.13. The van der Waals surface area contributed by atoms with Gasteiger partial charge in [0.05, 0.1) is 18.0 Å². The first kappa shape index (κ1) is 21.2. The smallest absolute Gasteiger partial charge is 0.216 e. The standard InChI is InChI=1S/C16H34N4O3S/c1-13(2)7-6-8-18-16(17-5)19-9-10-24(21,22)20-11-14(3)23-15(4)12-20/h13-15H,6-12H2,1-5H3,(H2,17,18,19). The molecule has 2 N–H and O–H groups in total. The summed E-state index contributed by atoms with van der Waals surface area (Å²) in [5, 5.41) is 6.29. The van der Waals surface area contributed by atoms with Gasteiger partial charge in [0.1, 0.15) is 0 Å². The van der Waals surface area contributed by atoms with Crippen LogP contribution in [0.15, 0.2) is 4.99 Å². The maximum absolute atomic E-state index is 12.5. The quantitative estimate of drug-likeness (QED) is 0.383. The van der Waals surface area contributed by atoms with E-state index in [1.54, 1.807) is 7.05 Å². The van der Waals surface area contributed by atoms with E-state index in [9.17, 15) is 8.42 Å². The van der Waals surface area contributed by atoms with Crippen LogP contribution in [-0.2, 0) is 14.8 Å². The van der Waals surface area contributed by atoms with E-state index >= 15 is 0 Å². The monoisotopic (exact) mass is 362 g/mol. The Morgan fingerprint density at radius 1 is 1.21 bits per heavy atom. The number of nitrogens with one attached hydrogen (secondary N) is 2. The van der Waals surface area contributed by atoms with Crippen LogP contribution in [0, 0.1) is 5.92 Å². The molecule has 0 spiro atoms. The summed E-state index contributed by atoms with van der Waals surface area (Å²) in [6.45, 7) is 10.2. The summed E-state index contributed by atoms with van der Waals surface area (Å²) in [6.07, 6.45) is 2.10. The predicted molar refractivity (Wildman–Crippen MR) is 98.8 cm³/mol. The Morgan fingerprint density at radius 2 is 1.79 bits per heavy atom. The summed E-state index contributed by atoms with van der Waals surface area (Å²) in [5.74, 6) is 1.39. The van der Waals surface area contributed by atoms with Crippen LogP contribution in [0.25, 0.3) is 0 Å². The fraction of sp³-hybridized carbons (Fsp3) is 0.938. The highest BCUT2D eigenvalue weighted by Gasteiger charge is 2.30. The van der Waals surface area contributed by atoms with Crippen LogP contribution < -0.4 is 10.6 Å². The number of sulfonamides is 1. The van der Waals surface area contributed by atoms with Crippen molar-refractivity contribution in [2.45, 2.75) is 52.7 Å². The largest absolute Gasteiger partial charge is 0.373 e. The van der Waals surface area contributed by atoms with Crippen LogP contribution >= 0.6 is 0 Å². The first-order valence-corrected chi connectivity index (χ1v) is 10.4. The van der Waals surface area contributed by atoms with Crippen LogP contribution in [0.3, 0.4) is 0 Å². The minimum atomic E-state index is -3.28. The topological polar surface area (TPSA) is 83.0 Å². The Balaban J connectivity index is 2.35. The van der Waals surface area contributed by atoms with E-state index in [1.807, 2.05) is 13.8 Å². The van der Waals surface area contributed by atoms with E-state index in [0.29, 0.717) is 31.5 Å². The van der Waals surface area contributed by atoms with Crippen molar-refractivity contribution in [3.05, 3.63) is 0 Å². The molecule has 2 unspecified atom stereocenters. The molecule has 0 bridgehead atoms. The molecule has 0 saturated carbocycles. The number of guanidine groups is 1. The first-order chi connectivity index (χ1) is 11.2. The molecule has 24 heavy (non-hydrogen) atoms. The maximum Gasteiger partial charge on any atom is 0.216 e. The van der Waals surface area contributed by atoms with Gasteiger partial charge in [-0.2, -0.15) is 4.31 Å². The second-order valence-electron chi connectivity index (χ2n) is 6.85. The van der Waals surface area contributed by atoms with E-state index in [1.165, 1.54) is 4.31 Å². The van der Waals surface area contributed by atoms with Crippen LogP contribution in [0.5, 0.6) is 0 Å². The van der Waals surface area contributed by atoms with Gasteiger partial charge in [-0.05, 0) is 32.6 Å². The molecule has 0 amide bonds. The molecule has 7 nitrogen and oxygen atoms in total. The van der Waals surface area contributed by atoms with Crippen molar-refractivity contribution < 1.29 is 13.2 Å². The summed E-state index contributed by atoms with van der Waals surface area (Å²) < 4.78 is 32.0. The number of aliphatic imine (C=N–C) groups is 1. The molecule has 0 aromatic heterocycles. The Bertz CT molecular complexity index is 484. The zero-order valence-electron chi connectivity index (χ0n) is 15.7. The van der Waals surface area contributed by atoms with Gasteiger partial charge < -0.3 is 15.4 Å². The molecule has 142 valence electrons. The Kier molecular flexibility index (Phi) is 9.01. The number of ether oxygens (including phenoxy) is 1. The molecule has 0 aromatic rings. The molecule has 1 saturated heterocycles. The number of nitrogens with zero attached hydrogens (tertiary/aromatic N) is 2. The molecule has 1 rings (SSSR count). The van der Waals surface area contributed by atoms with Gasteiger partial charge in [-0.25, -0.2) is 8.42 Å². The lowest BCUT2D eigenvalue weighted by molar-refractivity contribution is -0.0440. The molecule has 0 aromatic carbocycles. The molecular weight excluding hydrogens is 328 g/mol. The van der Waals surface area contributed by atoms with Crippen molar-refractivity contribution >= 4 is 16.0 Å². The molecular formula is C16H34N4O3S. The second-order valence-corrected chi connectivity index (χ2v) is 8.94. The Morgan fingerprint density at radius 3 is 2.33 bits per heavy atom. The van der Waals surface area contributed by atoms with Crippen molar-refractivity contribution in [3.8, 4) is 0 Å². The van der Waals surface area contributed by atoms with Gasteiger partial charge >= 0.3 is 0 Å². The van der Waals surface area contributed by atoms with Crippen LogP contribution in [0.4, 0.5) is 0 Å². The third-order valence-electron chi connectivity index (χ3n) is 3.91. The van der Waals surface area contributed by atoms with Gasteiger partial charge in [0.15, 0.2) is 5.96 Å². The summed E-state index contributed by atoms with van der Waals surface area (Å²) >= 11 is 0. The minimum Gasteiger partial charge on any atom is -0.373 e. The molecule has 1 fully saturated rings. The highest BCUT2D eigenvalue weighted by molar-refractivity contribution is 7.89. The molecule has 2 atom stereocenters. The summed E-state index contributed by atoms with van der Waals surface area (Å²) in [7, 11) is -1.59. The van der Waals surface area contributed by atoms with Crippen LogP contribution in [0.2, 0.25) is 0 Å². The van der Waals surface area contributed by atoms with Crippen molar-refractivity contribution in [2.75, 3.05) is 39.0 Å². The third kappa shape index (κ3) is 7.81. The van der Waals surface area contributed by atoms with E-state index < -0.39 is 10.0 Å². The van der Waals surface area contributed by atoms with Crippen molar-refractivity contribution in [3.63, 3.8) is 0 Å². The highest BCUT2D eigenvalue weighted by atomic mass is 32.2. The highest BCUT2D eigenvalue weighted by Crippen LogP contribution is 2.14. The van der Waals surface area contributed by atoms with E-state index in [-0.39, 0.29) is 18.0 Å². The molecule has 1 aliphatic heterocycles. The molecule has 1 aliphatic rings. The molecule has 0 radical (unpaired) electrons. The normalized spacial score (nSPS) is 23.5. The minimum absolute atomic E-state index is 0.0547. The van der Waals surface area contributed by atoms with Gasteiger partial charge in [0.25, 0.3) is 0 Å². The second kappa shape index (κ2) is 10.2. The fourth-order valence-electron chi connectivity index (χ4n) is 2.72. The van der Waals surface area contributed by atoms with Gasteiger partial charge in [-0.15, -0.1) is 0 Å². The number of rotatable bonds is 8. The average Bonchev–Trinajstić information content (AvgIpc) is 2.48. The lowest BCUT2D eigenvalue weighted by atomic mass is 10.1. The zero-order valence-corrected chi connectivity index (χ0v) is 16.5. The lowest BCUT2D eigenvalue weighted by Crippen LogP contribution is -2.50. The number of morpholine rings is 1. The number of hydrogen-bond donors (Lipinski definition) is 2. The van der Waals surface area contributed by atoms with Crippen LogP contribution in [-0.4, -0.2) is 69.9 Å². The predicted octanol–water partition coefficient (Wildman–Crippen LogP) is 1.03. The van der Waals surface area contributed by atoms with Gasteiger partial charge in [0.2, 0.25) is 10.0 Å². The summed E-state index contributed by atoms with van der Waals surface area (Å²) in [6, 6.07) is 0. The average molecular weight is 363 g/mol. The van der Waals surface area contributed by atoms with Crippen molar-refractivity contribution in [2.24, 2.45) is 10.9 Å². The third-order valence-corrected chi connectivity index (χ3v) is 5.71. The van der Waals surface area contributed by atoms with E-state index in [2.05, 4.69) is 29.5 Å². The molecule has 1 heterocycles. The Hall–Kier alpha value is -0.860. The van der Waals surface area contributed by atoms with Gasteiger partial charge in [0, 0.05) is 33.2 Å². The maximum atomic E-state index is 12.5. The fourth-order valence-corrected chi connectivity index (χ4v) is 4.22. The number of hydrogen-bond acceptors (Lipinski definition) is 4. The van der Waals surface area contributed by atoms with Gasteiger partial charge in [-0.3, -0.25) is 4.99 Å². The molecule has 8 heteroatoms. The van der Waals surface area contributed by atoms with E-state index in [0.717, 1.165) is 19.4 Å². The van der Waals surface area contributed by atoms with Crippen LogP contribution in [0.1, 0.15) is 40.5 Å². The lowest BCUT2D eigenvalue weighted by Gasteiger charge is -2.34. The molecule has 0 aliphatic carbocycles.